The molecule has 1 fully saturated rings. The minimum atomic E-state index is -0.442. The van der Waals surface area contributed by atoms with Crippen molar-refractivity contribution < 1.29 is 9.59 Å². The molecular formula is C21H28Cl2N4O2. The van der Waals surface area contributed by atoms with Gasteiger partial charge in [0.2, 0.25) is 5.91 Å². The van der Waals surface area contributed by atoms with E-state index in [4.69, 9.17) is 5.73 Å². The Labute approximate surface area is 183 Å². The first-order valence-corrected chi connectivity index (χ1v) is 9.32. The standard InChI is InChI=1S/C21H26N4O2.2ClH/c1-21(22)10-3-2-7-18(21)20(27)24-14-15-5-4-6-17(13-15)25-19(26)16-8-11-23-12-9-16;;/h4-6,8-9,11-13,18H,2-3,7,10,14,22H2,1H3,(H,24,27)(H,25,26);2*1H. The highest BCUT2D eigenvalue weighted by atomic mass is 35.5. The zero-order chi connectivity index (χ0) is 19.3. The fourth-order valence-corrected chi connectivity index (χ4v) is 3.57. The van der Waals surface area contributed by atoms with Crippen molar-refractivity contribution in [2.45, 2.75) is 44.7 Å². The highest BCUT2D eigenvalue weighted by molar-refractivity contribution is 6.04. The van der Waals surface area contributed by atoms with Crippen molar-refractivity contribution in [3.63, 3.8) is 0 Å². The predicted octanol–water partition coefficient (Wildman–Crippen LogP) is 3.70. The van der Waals surface area contributed by atoms with Crippen LogP contribution in [0.4, 0.5) is 5.69 Å². The van der Waals surface area contributed by atoms with E-state index < -0.39 is 5.54 Å². The van der Waals surface area contributed by atoms with Crippen LogP contribution in [0.3, 0.4) is 0 Å². The smallest absolute Gasteiger partial charge is 0.255 e. The average Bonchev–Trinajstić information content (AvgIpc) is 2.67. The van der Waals surface area contributed by atoms with Gasteiger partial charge in [0.15, 0.2) is 0 Å². The molecule has 29 heavy (non-hydrogen) atoms. The maximum Gasteiger partial charge on any atom is 0.255 e. The number of amides is 2. The van der Waals surface area contributed by atoms with Gasteiger partial charge in [0.05, 0.1) is 5.92 Å². The minimum absolute atomic E-state index is 0. The number of nitrogens with one attached hydrogen (secondary N) is 2. The van der Waals surface area contributed by atoms with Gasteiger partial charge < -0.3 is 16.4 Å². The van der Waals surface area contributed by atoms with Crippen LogP contribution in [0, 0.1) is 5.92 Å². The first kappa shape index (κ1) is 24.9. The van der Waals surface area contributed by atoms with E-state index in [9.17, 15) is 9.59 Å². The van der Waals surface area contributed by atoms with Crippen molar-refractivity contribution in [2.75, 3.05) is 5.32 Å². The molecule has 0 aliphatic heterocycles. The van der Waals surface area contributed by atoms with Crippen molar-refractivity contribution in [1.29, 1.82) is 0 Å². The lowest BCUT2D eigenvalue weighted by Gasteiger charge is -2.37. The lowest BCUT2D eigenvalue weighted by Crippen LogP contribution is -2.52. The summed E-state index contributed by atoms with van der Waals surface area (Å²) in [6.45, 7) is 2.37. The van der Waals surface area contributed by atoms with Crippen LogP contribution in [0.25, 0.3) is 0 Å². The highest BCUT2D eigenvalue weighted by Crippen LogP contribution is 2.31. The summed E-state index contributed by atoms with van der Waals surface area (Å²) in [5.41, 5.74) is 8.02. The van der Waals surface area contributed by atoms with Crippen LogP contribution in [0.2, 0.25) is 0 Å². The molecule has 8 heteroatoms. The number of pyridine rings is 1. The second-order valence-electron chi connectivity index (χ2n) is 7.41. The molecule has 6 nitrogen and oxygen atoms in total. The van der Waals surface area contributed by atoms with Crippen LogP contribution >= 0.6 is 24.8 Å². The highest BCUT2D eigenvalue weighted by Gasteiger charge is 2.37. The second kappa shape index (κ2) is 11.1. The number of anilines is 1. The van der Waals surface area contributed by atoms with Gasteiger partial charge in [-0.15, -0.1) is 24.8 Å². The van der Waals surface area contributed by atoms with Gasteiger partial charge in [0, 0.05) is 35.7 Å². The molecule has 4 N–H and O–H groups in total. The largest absolute Gasteiger partial charge is 0.352 e. The zero-order valence-corrected chi connectivity index (χ0v) is 18.0. The molecule has 1 aliphatic rings. The normalized spacial score (nSPS) is 20.6. The molecule has 2 aromatic rings. The predicted molar refractivity (Wildman–Crippen MR) is 120 cm³/mol. The lowest BCUT2D eigenvalue weighted by molar-refractivity contribution is -0.128. The fraction of sp³-hybridized carbons (Fsp3) is 0.381. The Morgan fingerprint density at radius 2 is 1.90 bits per heavy atom. The Morgan fingerprint density at radius 1 is 1.17 bits per heavy atom. The summed E-state index contributed by atoms with van der Waals surface area (Å²) in [6.07, 6.45) is 6.99. The molecule has 1 heterocycles. The quantitative estimate of drug-likeness (QED) is 0.662. The molecule has 0 bridgehead atoms. The summed E-state index contributed by atoms with van der Waals surface area (Å²) in [4.78, 5) is 28.7. The Bertz CT molecular complexity index is 815. The molecule has 0 radical (unpaired) electrons. The SMILES string of the molecule is CC1(N)CCCCC1C(=O)NCc1cccc(NC(=O)c2ccncc2)c1.Cl.Cl. The molecule has 1 aromatic heterocycles. The van der Waals surface area contributed by atoms with E-state index >= 15 is 0 Å². The van der Waals surface area contributed by atoms with E-state index in [0.717, 1.165) is 31.2 Å². The second-order valence-corrected chi connectivity index (χ2v) is 7.41. The first-order chi connectivity index (χ1) is 13.0. The number of carbonyl (C=O) groups excluding carboxylic acids is 2. The van der Waals surface area contributed by atoms with Crippen molar-refractivity contribution in [3.05, 3.63) is 59.9 Å². The molecule has 0 spiro atoms. The molecule has 1 aromatic carbocycles. The summed E-state index contributed by atoms with van der Waals surface area (Å²) < 4.78 is 0. The van der Waals surface area contributed by atoms with Crippen molar-refractivity contribution in [1.82, 2.24) is 10.3 Å². The van der Waals surface area contributed by atoms with E-state index in [-0.39, 0.29) is 42.5 Å². The van der Waals surface area contributed by atoms with E-state index in [0.29, 0.717) is 17.8 Å². The Hall–Kier alpha value is -2.15. The molecule has 3 rings (SSSR count). The topological polar surface area (TPSA) is 97.1 Å². The summed E-state index contributed by atoms with van der Waals surface area (Å²) in [6, 6.07) is 10.8. The summed E-state index contributed by atoms with van der Waals surface area (Å²) in [7, 11) is 0. The Kier molecular flexibility index (Phi) is 9.56. The minimum Gasteiger partial charge on any atom is -0.352 e. The van der Waals surface area contributed by atoms with Crippen LogP contribution in [0.5, 0.6) is 0 Å². The van der Waals surface area contributed by atoms with Crippen LogP contribution in [0.15, 0.2) is 48.8 Å². The average molecular weight is 439 g/mol. The van der Waals surface area contributed by atoms with Crippen LogP contribution in [0.1, 0.15) is 48.5 Å². The maximum absolute atomic E-state index is 12.6. The number of nitrogens with two attached hydrogens (primary N) is 1. The van der Waals surface area contributed by atoms with Gasteiger partial charge in [-0.05, 0) is 49.6 Å². The molecule has 0 saturated heterocycles. The third-order valence-electron chi connectivity index (χ3n) is 5.16. The van der Waals surface area contributed by atoms with E-state index in [2.05, 4.69) is 15.6 Å². The maximum atomic E-state index is 12.6. The van der Waals surface area contributed by atoms with Gasteiger partial charge in [0.25, 0.3) is 5.91 Å². The third kappa shape index (κ3) is 6.70. The van der Waals surface area contributed by atoms with Gasteiger partial charge in [-0.1, -0.05) is 25.0 Å². The number of nitrogens with zero attached hydrogens (tertiary/aromatic N) is 1. The third-order valence-corrected chi connectivity index (χ3v) is 5.16. The summed E-state index contributed by atoms with van der Waals surface area (Å²) in [5, 5.41) is 5.86. The van der Waals surface area contributed by atoms with Crippen molar-refractivity contribution >= 4 is 42.3 Å². The number of carbonyl (C=O) groups is 2. The number of hydrogen-bond acceptors (Lipinski definition) is 4. The van der Waals surface area contributed by atoms with Crippen molar-refractivity contribution in [2.24, 2.45) is 11.7 Å². The van der Waals surface area contributed by atoms with Gasteiger partial charge in [0.1, 0.15) is 0 Å². The molecule has 1 aliphatic carbocycles. The fourth-order valence-electron chi connectivity index (χ4n) is 3.57. The Morgan fingerprint density at radius 3 is 2.59 bits per heavy atom. The number of rotatable bonds is 5. The molecular weight excluding hydrogens is 411 g/mol. The molecule has 2 amide bonds. The summed E-state index contributed by atoms with van der Waals surface area (Å²) >= 11 is 0. The van der Waals surface area contributed by atoms with Gasteiger partial charge in [-0.3, -0.25) is 14.6 Å². The van der Waals surface area contributed by atoms with E-state index in [1.165, 1.54) is 0 Å². The number of halogens is 2. The number of aromatic nitrogens is 1. The van der Waals surface area contributed by atoms with Crippen LogP contribution < -0.4 is 16.4 Å². The van der Waals surface area contributed by atoms with Gasteiger partial charge >= 0.3 is 0 Å². The summed E-state index contributed by atoms with van der Waals surface area (Å²) in [5.74, 6) is -0.341. The van der Waals surface area contributed by atoms with E-state index in [1.807, 2.05) is 31.2 Å². The molecule has 2 atom stereocenters. The zero-order valence-electron chi connectivity index (χ0n) is 16.4. The van der Waals surface area contributed by atoms with Gasteiger partial charge in [-0.2, -0.15) is 0 Å². The molecule has 158 valence electrons. The van der Waals surface area contributed by atoms with Gasteiger partial charge in [-0.25, -0.2) is 0 Å². The first-order valence-electron chi connectivity index (χ1n) is 9.32. The Balaban J connectivity index is 0.00000210. The monoisotopic (exact) mass is 438 g/mol. The van der Waals surface area contributed by atoms with Crippen LogP contribution in [-0.4, -0.2) is 22.3 Å². The molecule has 1 saturated carbocycles. The lowest BCUT2D eigenvalue weighted by atomic mass is 9.74. The number of hydrogen-bond donors (Lipinski definition) is 3. The molecule has 2 unspecified atom stereocenters. The van der Waals surface area contributed by atoms with Crippen molar-refractivity contribution in [3.8, 4) is 0 Å². The van der Waals surface area contributed by atoms with Crippen LogP contribution in [-0.2, 0) is 11.3 Å². The van der Waals surface area contributed by atoms with E-state index in [1.54, 1.807) is 24.5 Å². The number of benzene rings is 1.